The van der Waals surface area contributed by atoms with Crippen molar-refractivity contribution in [2.75, 3.05) is 50.6 Å². The molecular formula is C30H43N7O4. The summed E-state index contributed by atoms with van der Waals surface area (Å²) in [5.41, 5.74) is 2.85. The fourth-order valence-corrected chi connectivity index (χ4v) is 5.32. The molecule has 41 heavy (non-hydrogen) atoms. The molecule has 2 aliphatic rings. The number of allylic oxidation sites excluding steroid dienone is 2. The first-order valence-electron chi connectivity index (χ1n) is 13.9. The summed E-state index contributed by atoms with van der Waals surface area (Å²) in [4.78, 5) is 34.1. The highest BCUT2D eigenvalue weighted by Crippen LogP contribution is 2.35. The number of anilines is 2. The van der Waals surface area contributed by atoms with Gasteiger partial charge in [0.15, 0.2) is 17.6 Å². The van der Waals surface area contributed by atoms with E-state index in [2.05, 4.69) is 46.6 Å². The van der Waals surface area contributed by atoms with Crippen LogP contribution in [0.5, 0.6) is 0 Å². The Morgan fingerprint density at radius 1 is 1.10 bits per heavy atom. The third kappa shape index (κ3) is 8.01. The molecule has 1 saturated heterocycles. The zero-order valence-electron chi connectivity index (χ0n) is 25.3. The van der Waals surface area contributed by atoms with Crippen LogP contribution in [-0.2, 0) is 19.1 Å². The van der Waals surface area contributed by atoms with Crippen LogP contribution in [0.1, 0.15) is 53.9 Å². The largest absolute Gasteiger partial charge is 0.464 e. The first-order chi connectivity index (χ1) is 19.5. The number of esters is 2. The van der Waals surface area contributed by atoms with Crippen molar-refractivity contribution in [2.45, 2.75) is 53.9 Å². The molecular weight excluding hydrogens is 522 g/mol. The summed E-state index contributed by atoms with van der Waals surface area (Å²) < 4.78 is 10.0. The van der Waals surface area contributed by atoms with E-state index >= 15 is 0 Å². The van der Waals surface area contributed by atoms with Crippen LogP contribution >= 0.6 is 0 Å². The van der Waals surface area contributed by atoms with Gasteiger partial charge in [-0.05, 0) is 82.3 Å². The second kappa shape index (κ2) is 14.0. The van der Waals surface area contributed by atoms with E-state index in [1.807, 2.05) is 12.3 Å². The monoisotopic (exact) mass is 565 g/mol. The van der Waals surface area contributed by atoms with Crippen LogP contribution < -0.4 is 20.9 Å². The Balaban J connectivity index is 1.74. The highest BCUT2D eigenvalue weighted by atomic mass is 16.5. The number of piperidine rings is 1. The second-order valence-electron chi connectivity index (χ2n) is 11.4. The molecule has 222 valence electrons. The summed E-state index contributed by atoms with van der Waals surface area (Å²) >= 11 is 0. The van der Waals surface area contributed by atoms with Crippen molar-refractivity contribution in [2.24, 2.45) is 16.3 Å². The van der Waals surface area contributed by atoms with E-state index in [-0.39, 0.29) is 11.4 Å². The molecule has 1 fully saturated rings. The number of nitriles is 1. The fraction of sp³-hybridized carbons (Fsp3) is 0.533. The molecule has 3 rings (SSSR count). The summed E-state index contributed by atoms with van der Waals surface area (Å²) in [5, 5.41) is 18.1. The maximum Gasteiger partial charge on any atom is 0.356 e. The van der Waals surface area contributed by atoms with E-state index in [0.29, 0.717) is 40.7 Å². The molecule has 0 aliphatic carbocycles. The summed E-state index contributed by atoms with van der Waals surface area (Å²) in [5.74, 6) is -0.150. The van der Waals surface area contributed by atoms with Gasteiger partial charge in [0.05, 0.1) is 14.2 Å². The number of nitrogens with one attached hydrogen (secondary N) is 3. The zero-order valence-corrected chi connectivity index (χ0v) is 25.3. The van der Waals surface area contributed by atoms with Gasteiger partial charge in [0.1, 0.15) is 0 Å². The van der Waals surface area contributed by atoms with Crippen LogP contribution in [0.4, 0.5) is 11.4 Å². The minimum Gasteiger partial charge on any atom is -0.464 e. The number of ether oxygens (including phenoxy) is 2. The lowest BCUT2D eigenvalue weighted by molar-refractivity contribution is -0.136. The lowest BCUT2D eigenvalue weighted by Crippen LogP contribution is -2.40. The average Bonchev–Trinajstić information content (AvgIpc) is 2.94. The van der Waals surface area contributed by atoms with Crippen LogP contribution in [-0.4, -0.2) is 63.2 Å². The number of guanidine groups is 1. The fourth-order valence-electron chi connectivity index (χ4n) is 5.32. The number of rotatable bonds is 8. The van der Waals surface area contributed by atoms with Gasteiger partial charge in [-0.25, -0.2) is 9.59 Å². The molecule has 3 N–H and O–H groups in total. The summed E-state index contributed by atoms with van der Waals surface area (Å²) in [6.45, 7) is 14.2. The van der Waals surface area contributed by atoms with Crippen LogP contribution in [0.3, 0.4) is 0 Å². The predicted octanol–water partition coefficient (Wildman–Crippen LogP) is 3.89. The summed E-state index contributed by atoms with van der Waals surface area (Å²) in [6.07, 6.45) is 5.25. The molecule has 2 heterocycles. The number of nitrogens with zero attached hydrogens (tertiary/aromatic N) is 4. The Morgan fingerprint density at radius 3 is 2.24 bits per heavy atom. The highest BCUT2D eigenvalue weighted by molar-refractivity contribution is 6.03. The van der Waals surface area contributed by atoms with Gasteiger partial charge in [-0.3, -0.25) is 15.2 Å². The van der Waals surface area contributed by atoms with Crippen molar-refractivity contribution in [3.8, 4) is 6.19 Å². The highest BCUT2D eigenvalue weighted by Gasteiger charge is 2.35. The SMILES string of the molecule is COC(=O)C1=C(C)NC(C)=C(C(=O)OC)N1c1cccc(NC(=NCCCN2CCC(C(C)(C)C)CC2)NC#N)c1. The topological polar surface area (TPSA) is 131 Å². The molecule has 0 amide bonds. The molecule has 0 spiro atoms. The number of likely N-dealkylation sites (tertiary alicyclic amines) is 1. The number of methoxy groups -OCH3 is 2. The number of aliphatic imine (C=N–C) groups is 1. The van der Waals surface area contributed by atoms with Crippen LogP contribution in [0.25, 0.3) is 0 Å². The van der Waals surface area contributed by atoms with E-state index in [9.17, 15) is 14.9 Å². The molecule has 0 saturated carbocycles. The maximum absolute atomic E-state index is 12.8. The Morgan fingerprint density at radius 2 is 1.71 bits per heavy atom. The van der Waals surface area contributed by atoms with Crippen LogP contribution in [0, 0.1) is 22.8 Å². The number of hydrogen-bond donors (Lipinski definition) is 3. The van der Waals surface area contributed by atoms with Gasteiger partial charge in [0.25, 0.3) is 0 Å². The molecule has 11 nitrogen and oxygen atoms in total. The quantitative estimate of drug-likeness (QED) is 0.107. The number of hydrogen-bond acceptors (Lipinski definition) is 9. The number of carbonyl (C=O) groups excluding carboxylic acids is 2. The van der Waals surface area contributed by atoms with Gasteiger partial charge in [-0.15, -0.1) is 0 Å². The average molecular weight is 566 g/mol. The molecule has 2 aliphatic heterocycles. The molecule has 0 unspecified atom stereocenters. The van der Waals surface area contributed by atoms with Gasteiger partial charge in [-0.2, -0.15) is 5.26 Å². The molecule has 0 atom stereocenters. The van der Waals surface area contributed by atoms with E-state index in [1.54, 1.807) is 32.0 Å². The van der Waals surface area contributed by atoms with E-state index < -0.39 is 11.9 Å². The third-order valence-electron chi connectivity index (χ3n) is 7.55. The molecule has 0 radical (unpaired) electrons. The van der Waals surface area contributed by atoms with Gasteiger partial charge in [-0.1, -0.05) is 26.8 Å². The number of benzene rings is 1. The minimum absolute atomic E-state index is 0.159. The van der Waals surface area contributed by atoms with Crippen molar-refractivity contribution < 1.29 is 19.1 Å². The van der Waals surface area contributed by atoms with E-state index in [1.165, 1.54) is 32.0 Å². The van der Waals surface area contributed by atoms with Crippen molar-refractivity contribution in [1.82, 2.24) is 15.5 Å². The van der Waals surface area contributed by atoms with Crippen molar-refractivity contribution >= 4 is 29.3 Å². The Labute approximate surface area is 243 Å². The van der Waals surface area contributed by atoms with E-state index in [4.69, 9.17) is 9.47 Å². The zero-order chi connectivity index (χ0) is 30.2. The maximum atomic E-state index is 12.8. The minimum atomic E-state index is -0.613. The molecule has 1 aromatic carbocycles. The van der Waals surface area contributed by atoms with Crippen LogP contribution in [0.15, 0.2) is 52.0 Å². The van der Waals surface area contributed by atoms with Gasteiger partial charge >= 0.3 is 11.9 Å². The Bertz CT molecular complexity index is 1210. The van der Waals surface area contributed by atoms with Crippen molar-refractivity contribution in [3.63, 3.8) is 0 Å². The lowest BCUT2D eigenvalue weighted by atomic mass is 9.75. The van der Waals surface area contributed by atoms with Gasteiger partial charge < -0.3 is 25.0 Å². The molecule has 11 heteroatoms. The first kappa shape index (κ1) is 31.5. The van der Waals surface area contributed by atoms with E-state index in [0.717, 1.165) is 32.0 Å². The smallest absolute Gasteiger partial charge is 0.356 e. The standard InChI is InChI=1S/C30H43N7O4/c1-20-25(27(38)40-6)37(26(21(2)34-20)28(39)41-7)24-11-8-10-23(18-24)35-29(33-19-31)32-14-9-15-36-16-12-22(13-17-36)30(3,4)5/h8,10-11,18,22,34H,9,12-17H2,1-7H3,(H2,32,33,35). The van der Waals surface area contributed by atoms with Gasteiger partial charge in [0.2, 0.25) is 5.96 Å². The second-order valence-corrected chi connectivity index (χ2v) is 11.4. The summed E-state index contributed by atoms with van der Waals surface area (Å²) in [6, 6.07) is 7.10. The lowest BCUT2D eigenvalue weighted by Gasteiger charge is -2.38. The van der Waals surface area contributed by atoms with Gasteiger partial charge in [0, 0.05) is 29.3 Å². The Kier molecular flexibility index (Phi) is 10.8. The number of carbonyl (C=O) groups is 2. The predicted molar refractivity (Wildman–Crippen MR) is 159 cm³/mol. The molecule has 0 bridgehead atoms. The Hall–Kier alpha value is -4.04. The van der Waals surface area contributed by atoms with Crippen molar-refractivity contribution in [1.29, 1.82) is 5.26 Å². The molecule has 1 aromatic rings. The normalized spacial score (nSPS) is 17.1. The molecule has 0 aromatic heterocycles. The first-order valence-corrected chi connectivity index (χ1v) is 13.9. The summed E-state index contributed by atoms with van der Waals surface area (Å²) in [7, 11) is 2.57. The van der Waals surface area contributed by atoms with Crippen LogP contribution in [0.2, 0.25) is 0 Å². The van der Waals surface area contributed by atoms with Crippen molar-refractivity contribution in [3.05, 3.63) is 47.1 Å². The third-order valence-corrected chi connectivity index (χ3v) is 7.55.